The molecule has 0 unspecified atom stereocenters. The highest BCUT2D eigenvalue weighted by molar-refractivity contribution is 4.39. The Morgan fingerprint density at radius 1 is 1.43 bits per heavy atom. The maximum Gasteiger partial charge on any atom is 0.0428 e. The zero-order valence-electron chi connectivity index (χ0n) is 17.5. The largest absolute Gasteiger partial charge is 0.317 e. The fourth-order valence-electron chi connectivity index (χ4n) is 0.0938. The molecule has 1 N–H and O–H groups in total. The first-order valence-corrected chi connectivity index (χ1v) is 1.50. The molecule has 44 valence electrons. The molecule has 7 heavy (non-hydrogen) atoms. The molecule has 1 nitrogen and oxygen atoms in total. The van der Waals surface area contributed by atoms with Gasteiger partial charge in [-0.05, 0) is 25.7 Å². The van der Waals surface area contributed by atoms with Gasteiger partial charge in [0, 0.05) is 19.2 Å². The molecule has 0 aromatic heterocycles. The third-order valence-corrected chi connectivity index (χ3v) is 0.250. The first-order valence-electron chi connectivity index (χ1n) is 8.50. The molecule has 0 atom stereocenters. The van der Waals surface area contributed by atoms with Gasteiger partial charge in [0.15, 0.2) is 0 Å². The van der Waals surface area contributed by atoms with Crippen LogP contribution in [0.3, 0.4) is 0 Å². The second kappa shape index (κ2) is 5.96. The summed E-state index contributed by atoms with van der Waals surface area (Å²) in [6.45, 7) is -14.1. The van der Waals surface area contributed by atoms with Crippen molar-refractivity contribution in [2.75, 3.05) is 13.0 Å². The van der Waals surface area contributed by atoms with Gasteiger partial charge in [0.25, 0.3) is 0 Å². The molecule has 0 aliphatic carbocycles. The minimum atomic E-state index is -3.59. The molecule has 0 aromatic carbocycles. The van der Waals surface area contributed by atoms with Crippen molar-refractivity contribution in [1.29, 1.82) is 0 Å². The van der Waals surface area contributed by atoms with E-state index in [0.29, 0.717) is 0 Å². The van der Waals surface area contributed by atoms with Crippen molar-refractivity contribution in [3.8, 4) is 0 Å². The summed E-state index contributed by atoms with van der Waals surface area (Å²) < 4.78 is 100. The Morgan fingerprint density at radius 2 is 2.00 bits per heavy atom. The predicted molar refractivity (Wildman–Crippen MR) is 33.5 cm³/mol. The van der Waals surface area contributed by atoms with Gasteiger partial charge in [-0.15, -0.1) is 0 Å². The van der Waals surface area contributed by atoms with Crippen molar-refractivity contribution < 1.29 is 19.2 Å². The molecule has 0 fully saturated rings. The average molecular weight is 115 g/mol. The highest BCUT2D eigenvalue weighted by Crippen LogP contribution is 1.71. The second-order valence-corrected chi connectivity index (χ2v) is 0.625. The lowest BCUT2D eigenvalue weighted by Crippen LogP contribution is -2.14. The first-order chi connectivity index (χ1) is 8.71. The van der Waals surface area contributed by atoms with Gasteiger partial charge in [-0.1, -0.05) is 13.7 Å². The molecule has 0 saturated carbocycles. The normalized spacial score (nSPS) is 50.9. The SMILES string of the molecule is [2H]C([2H])([2H])C([2H])([2H])C([2H])([2H])NC([2H])([2H])C([2H])([2H])C([2H])([2H])[2H]. The summed E-state index contributed by atoms with van der Waals surface area (Å²) in [5.74, 6) is 0. The van der Waals surface area contributed by atoms with E-state index in [1.165, 1.54) is 5.32 Å². The number of hydrogen-bond acceptors (Lipinski definition) is 1. The molecule has 0 amide bonds. The van der Waals surface area contributed by atoms with E-state index in [4.69, 9.17) is 19.2 Å². The molecule has 0 rings (SSSR count). The van der Waals surface area contributed by atoms with Crippen molar-refractivity contribution in [2.45, 2.75) is 26.4 Å². The van der Waals surface area contributed by atoms with Crippen LogP contribution in [0.1, 0.15) is 45.6 Å². The molecule has 0 radical (unpaired) electrons. The van der Waals surface area contributed by atoms with Crippen molar-refractivity contribution >= 4 is 0 Å². The van der Waals surface area contributed by atoms with E-state index in [2.05, 4.69) is 0 Å². The van der Waals surface area contributed by atoms with Gasteiger partial charge in [0.1, 0.15) is 0 Å². The van der Waals surface area contributed by atoms with Crippen LogP contribution in [0, 0.1) is 0 Å². The molecule has 1 heteroatoms. The Labute approximate surface area is 65.8 Å². The smallest absolute Gasteiger partial charge is 0.0428 e. The maximum absolute atomic E-state index is 7.35. The molecule has 0 heterocycles. The Kier molecular flexibility index (Phi) is 0.528. The van der Waals surface area contributed by atoms with Gasteiger partial charge >= 0.3 is 0 Å². The third-order valence-electron chi connectivity index (χ3n) is 0.250. The van der Waals surface area contributed by atoms with Crippen LogP contribution in [0.15, 0.2) is 0 Å². The first kappa shape index (κ1) is 0.621. The highest BCUT2D eigenvalue weighted by Gasteiger charge is 1.76. The fourth-order valence-corrected chi connectivity index (χ4v) is 0.0938. The molecular weight excluding hydrogens is 86.1 g/mol. The number of hydrogen-bond donors (Lipinski definition) is 1. The number of rotatable bonds is 4. The lowest BCUT2D eigenvalue weighted by Gasteiger charge is -1.95. The van der Waals surface area contributed by atoms with E-state index in [1.807, 2.05) is 0 Å². The molecular formula is C6H15N. The molecule has 0 aliphatic rings. The van der Waals surface area contributed by atoms with Crippen molar-refractivity contribution in [2.24, 2.45) is 0 Å². The lowest BCUT2D eigenvalue weighted by atomic mass is 10.4. The van der Waals surface area contributed by atoms with Crippen LogP contribution in [0.5, 0.6) is 0 Å². The zero-order chi connectivity index (χ0) is 17.7. The van der Waals surface area contributed by atoms with Crippen LogP contribution in [-0.2, 0) is 0 Å². The maximum atomic E-state index is 7.35. The van der Waals surface area contributed by atoms with Crippen LogP contribution in [-0.4, -0.2) is 13.0 Å². The van der Waals surface area contributed by atoms with Crippen LogP contribution >= 0.6 is 0 Å². The lowest BCUT2D eigenvalue weighted by molar-refractivity contribution is 0.662. The van der Waals surface area contributed by atoms with Crippen molar-refractivity contribution in [1.82, 2.24) is 5.32 Å². The summed E-state index contributed by atoms with van der Waals surface area (Å²) in [4.78, 5) is 0. The molecule has 0 spiro atoms. The Bertz CT molecular complexity index is 338. The Morgan fingerprint density at radius 3 is 2.43 bits per heavy atom. The second-order valence-electron chi connectivity index (χ2n) is 0.625. The molecule has 0 aliphatic heterocycles. The fraction of sp³-hybridized carbons (Fsp3) is 1.00. The van der Waals surface area contributed by atoms with Gasteiger partial charge in [-0.3, -0.25) is 0 Å². The minimum Gasteiger partial charge on any atom is -0.317 e. The van der Waals surface area contributed by atoms with Crippen molar-refractivity contribution in [3.05, 3.63) is 0 Å². The summed E-state index contributed by atoms with van der Waals surface area (Å²) in [5, 5.41) is 1.22. The van der Waals surface area contributed by atoms with Crippen LogP contribution in [0.25, 0.3) is 0 Å². The standard InChI is InChI=1S/C6H15N/c1-3-5-7-6-4-2/h7H,3-6H2,1-2H3/i1D3,2D3,3D2,4D2,5D2,6D2. The van der Waals surface area contributed by atoms with Crippen LogP contribution in [0.2, 0.25) is 0 Å². The van der Waals surface area contributed by atoms with E-state index in [9.17, 15) is 0 Å². The van der Waals surface area contributed by atoms with E-state index in [0.717, 1.165) is 0 Å². The zero-order valence-corrected chi connectivity index (χ0v) is 3.50. The summed E-state index contributed by atoms with van der Waals surface area (Å²) in [6.07, 6.45) is -7.17. The van der Waals surface area contributed by atoms with Gasteiger partial charge in [0.2, 0.25) is 0 Å². The molecule has 0 saturated heterocycles. The minimum absolute atomic E-state index is 1.22. The summed E-state index contributed by atoms with van der Waals surface area (Å²) in [5.41, 5.74) is 0. The van der Waals surface area contributed by atoms with Crippen molar-refractivity contribution in [3.63, 3.8) is 0 Å². The molecule has 0 bridgehead atoms. The van der Waals surface area contributed by atoms with Crippen LogP contribution < -0.4 is 5.32 Å². The average Bonchev–Trinajstić information content (AvgIpc) is 2.11. The highest BCUT2D eigenvalue weighted by atomic mass is 14.8. The Balaban J connectivity index is 5.65. The third kappa shape index (κ3) is 5.96. The van der Waals surface area contributed by atoms with E-state index >= 15 is 0 Å². The van der Waals surface area contributed by atoms with E-state index in [-0.39, 0.29) is 0 Å². The van der Waals surface area contributed by atoms with Gasteiger partial charge < -0.3 is 5.32 Å². The van der Waals surface area contributed by atoms with Gasteiger partial charge in [0.05, 0.1) is 0 Å². The summed E-state index contributed by atoms with van der Waals surface area (Å²) >= 11 is 0. The topological polar surface area (TPSA) is 12.0 Å². The van der Waals surface area contributed by atoms with E-state index < -0.39 is 39.4 Å². The predicted octanol–water partition coefficient (Wildman–Crippen LogP) is 1.40. The summed E-state index contributed by atoms with van der Waals surface area (Å²) in [6, 6.07) is 0. The van der Waals surface area contributed by atoms with Gasteiger partial charge in [-0.2, -0.15) is 0 Å². The van der Waals surface area contributed by atoms with E-state index in [1.54, 1.807) is 0 Å². The summed E-state index contributed by atoms with van der Waals surface area (Å²) in [7, 11) is 0. The van der Waals surface area contributed by atoms with Crippen LogP contribution in [0.4, 0.5) is 0 Å². The monoisotopic (exact) mass is 115 g/mol. The Hall–Kier alpha value is -0.0400. The van der Waals surface area contributed by atoms with Gasteiger partial charge in [-0.25, -0.2) is 0 Å². The quantitative estimate of drug-likeness (QED) is 0.584. The molecule has 0 aromatic rings. The number of nitrogens with one attached hydrogen (secondary N) is 1.